The second-order valence-electron chi connectivity index (χ2n) is 7.71. The van der Waals surface area contributed by atoms with E-state index in [1.807, 2.05) is 30.3 Å². The summed E-state index contributed by atoms with van der Waals surface area (Å²) in [6.45, 7) is 3.94. The molecule has 1 atom stereocenters. The lowest BCUT2D eigenvalue weighted by Gasteiger charge is -2.19. The summed E-state index contributed by atoms with van der Waals surface area (Å²) < 4.78 is 6.46. The van der Waals surface area contributed by atoms with Crippen molar-refractivity contribution in [3.05, 3.63) is 110 Å². The van der Waals surface area contributed by atoms with Crippen molar-refractivity contribution in [3.8, 4) is 22.6 Å². The molecule has 1 unspecified atom stereocenters. The number of hydrogen-bond acceptors (Lipinski definition) is 2. The average Bonchev–Trinajstić information content (AvgIpc) is 2.82. The fourth-order valence-electron chi connectivity index (χ4n) is 4.17. The second kappa shape index (κ2) is 8.86. The Kier molecular flexibility index (Phi) is 5.62. The highest BCUT2D eigenvalue weighted by Crippen LogP contribution is 2.43. The molecule has 0 saturated heterocycles. The smallest absolute Gasteiger partial charge is 0.135 e. The number of anilines is 1. The van der Waals surface area contributed by atoms with Gasteiger partial charge in [-0.2, -0.15) is 0 Å². The van der Waals surface area contributed by atoms with Crippen LogP contribution in [0.3, 0.4) is 0 Å². The number of allylic oxidation sites excluding steroid dienone is 1. The van der Waals surface area contributed by atoms with Crippen LogP contribution in [0.25, 0.3) is 32.7 Å². The van der Waals surface area contributed by atoms with Gasteiger partial charge in [-0.15, -0.1) is 6.58 Å². The van der Waals surface area contributed by atoms with Crippen molar-refractivity contribution >= 4 is 41.1 Å². The van der Waals surface area contributed by atoms with Gasteiger partial charge in [-0.1, -0.05) is 87.5 Å². The van der Waals surface area contributed by atoms with Gasteiger partial charge in [0.2, 0.25) is 0 Å². The van der Waals surface area contributed by atoms with Gasteiger partial charge in [-0.3, -0.25) is 0 Å². The highest BCUT2D eigenvalue weighted by Gasteiger charge is 2.18. The molecule has 0 amide bonds. The lowest BCUT2D eigenvalue weighted by Crippen LogP contribution is -2.04. The van der Waals surface area contributed by atoms with E-state index in [0.29, 0.717) is 14.3 Å². The number of nitrogen functional groups attached to an aromatic ring is 1. The fraction of sp³-hybridized carbons (Fsp3) is 0.0345. The van der Waals surface area contributed by atoms with Gasteiger partial charge in [-0.25, -0.2) is 0 Å². The lowest BCUT2D eigenvalue weighted by atomic mass is 9.93. The molecule has 0 aliphatic heterocycles. The number of fused-ring (bicyclic) bond motifs is 2. The predicted octanol–water partition coefficient (Wildman–Crippen LogP) is 7.52. The first kappa shape index (κ1) is 20.3. The molecule has 2 N–H and O–H groups in total. The molecule has 5 aromatic rings. The summed E-state index contributed by atoms with van der Waals surface area (Å²) in [5.74, 6) is 1.56. The van der Waals surface area contributed by atoms with Crippen molar-refractivity contribution in [2.24, 2.45) is 0 Å². The molecule has 0 aliphatic rings. The summed E-state index contributed by atoms with van der Waals surface area (Å²) in [7, 11) is 0.632. The van der Waals surface area contributed by atoms with Crippen LogP contribution in [0.15, 0.2) is 110 Å². The van der Waals surface area contributed by atoms with Gasteiger partial charge in [-0.05, 0) is 51.2 Å². The molecule has 0 radical (unpaired) electrons. The van der Waals surface area contributed by atoms with Gasteiger partial charge in [0.05, 0.1) is 0 Å². The molecule has 2 nitrogen and oxygen atoms in total. The minimum Gasteiger partial charge on any atom is -0.457 e. The van der Waals surface area contributed by atoms with Gasteiger partial charge in [0.15, 0.2) is 0 Å². The fourth-order valence-corrected chi connectivity index (χ4v) is 5.17. The van der Waals surface area contributed by atoms with Gasteiger partial charge >= 0.3 is 0 Å². The van der Waals surface area contributed by atoms with E-state index in [9.17, 15) is 0 Å². The number of benzene rings is 5. The van der Waals surface area contributed by atoms with Crippen molar-refractivity contribution in [1.82, 2.24) is 0 Å². The minimum atomic E-state index is 0.632. The van der Waals surface area contributed by atoms with Crippen LogP contribution >= 0.6 is 8.58 Å². The third kappa shape index (κ3) is 3.86. The SMILES string of the molecule is C=CCPc1ccc2ccccc2c1-c1c(Oc2cccc(N)c2)ccc2ccccc12. The summed E-state index contributed by atoms with van der Waals surface area (Å²) in [4.78, 5) is 0. The Bertz CT molecular complexity index is 1440. The largest absolute Gasteiger partial charge is 0.457 e. The zero-order valence-electron chi connectivity index (χ0n) is 17.7. The lowest BCUT2D eigenvalue weighted by molar-refractivity contribution is 0.485. The van der Waals surface area contributed by atoms with Crippen LogP contribution < -0.4 is 15.8 Å². The molecular weight excluding hydrogens is 409 g/mol. The Morgan fingerprint density at radius 3 is 2.16 bits per heavy atom. The first-order chi connectivity index (χ1) is 15.7. The number of hydrogen-bond donors (Lipinski definition) is 1. The third-order valence-corrected chi connectivity index (χ3v) is 6.88. The molecule has 0 aromatic heterocycles. The quantitative estimate of drug-likeness (QED) is 0.171. The maximum absolute atomic E-state index is 6.46. The maximum Gasteiger partial charge on any atom is 0.135 e. The molecule has 156 valence electrons. The molecule has 0 aliphatic carbocycles. The number of nitrogens with two attached hydrogens (primary N) is 1. The molecule has 0 fully saturated rings. The first-order valence-corrected chi connectivity index (χ1v) is 11.9. The Morgan fingerprint density at radius 2 is 1.44 bits per heavy atom. The molecular formula is C29H24NOP. The second-order valence-corrected chi connectivity index (χ2v) is 9.01. The zero-order valence-corrected chi connectivity index (χ0v) is 18.7. The maximum atomic E-state index is 6.46. The van der Waals surface area contributed by atoms with E-state index in [-0.39, 0.29) is 0 Å². The van der Waals surface area contributed by atoms with Crippen LogP contribution in [0.1, 0.15) is 0 Å². The van der Waals surface area contributed by atoms with Crippen LogP contribution in [0.5, 0.6) is 11.5 Å². The van der Waals surface area contributed by atoms with E-state index in [1.165, 1.54) is 32.4 Å². The predicted molar refractivity (Wildman–Crippen MR) is 141 cm³/mol. The van der Waals surface area contributed by atoms with Crippen molar-refractivity contribution in [3.63, 3.8) is 0 Å². The Hall–Kier alpha value is -3.61. The van der Waals surface area contributed by atoms with Crippen LogP contribution in [0.4, 0.5) is 5.69 Å². The molecule has 5 rings (SSSR count). The normalized spacial score (nSPS) is 11.4. The first-order valence-electron chi connectivity index (χ1n) is 10.7. The van der Waals surface area contributed by atoms with E-state index in [1.54, 1.807) is 0 Å². The third-order valence-electron chi connectivity index (χ3n) is 5.59. The number of ether oxygens (including phenoxy) is 1. The van der Waals surface area contributed by atoms with E-state index < -0.39 is 0 Å². The highest BCUT2D eigenvalue weighted by atomic mass is 31.1. The monoisotopic (exact) mass is 433 g/mol. The Balaban J connectivity index is 1.83. The summed E-state index contributed by atoms with van der Waals surface area (Å²) in [6.07, 6.45) is 2.94. The van der Waals surface area contributed by atoms with E-state index in [2.05, 4.69) is 79.4 Å². The van der Waals surface area contributed by atoms with Gasteiger partial charge in [0, 0.05) is 22.9 Å². The van der Waals surface area contributed by atoms with Crippen LogP contribution in [-0.2, 0) is 0 Å². The van der Waals surface area contributed by atoms with Gasteiger partial charge < -0.3 is 10.5 Å². The van der Waals surface area contributed by atoms with Crippen molar-refractivity contribution in [1.29, 1.82) is 0 Å². The summed E-state index contributed by atoms with van der Waals surface area (Å²) in [6, 6.07) is 33.3. The van der Waals surface area contributed by atoms with E-state index >= 15 is 0 Å². The van der Waals surface area contributed by atoms with Crippen molar-refractivity contribution in [2.75, 3.05) is 11.9 Å². The molecule has 3 heteroatoms. The number of rotatable bonds is 6. The Morgan fingerprint density at radius 1 is 0.750 bits per heavy atom. The molecule has 0 bridgehead atoms. The molecule has 0 heterocycles. The molecule has 5 aromatic carbocycles. The van der Waals surface area contributed by atoms with E-state index in [4.69, 9.17) is 10.5 Å². The van der Waals surface area contributed by atoms with Crippen molar-refractivity contribution < 1.29 is 4.74 Å². The van der Waals surface area contributed by atoms with Gasteiger partial charge in [0.1, 0.15) is 11.5 Å². The highest BCUT2D eigenvalue weighted by molar-refractivity contribution is 7.47. The zero-order chi connectivity index (χ0) is 21.9. The standard InChI is InChI=1S/C29H24NOP/c1-2-18-32-27-17-15-21-9-4-6-13-25(21)29(27)28-24-12-5-3-8-20(24)14-16-26(28)31-23-11-7-10-22(30)19-23/h2-17,19,32H,1,18,30H2. The van der Waals surface area contributed by atoms with Crippen LogP contribution in [0.2, 0.25) is 0 Å². The minimum absolute atomic E-state index is 0.632. The molecule has 0 spiro atoms. The van der Waals surface area contributed by atoms with Gasteiger partial charge in [0.25, 0.3) is 0 Å². The van der Waals surface area contributed by atoms with Crippen LogP contribution in [0, 0.1) is 0 Å². The van der Waals surface area contributed by atoms with E-state index in [0.717, 1.165) is 23.2 Å². The molecule has 0 saturated carbocycles. The van der Waals surface area contributed by atoms with Crippen LogP contribution in [-0.4, -0.2) is 6.16 Å². The van der Waals surface area contributed by atoms with Crippen molar-refractivity contribution in [2.45, 2.75) is 0 Å². The topological polar surface area (TPSA) is 35.2 Å². The summed E-state index contributed by atoms with van der Waals surface area (Å²) in [5.41, 5.74) is 9.06. The average molecular weight is 433 g/mol. The Labute approximate surface area is 190 Å². The molecule has 32 heavy (non-hydrogen) atoms. The summed E-state index contributed by atoms with van der Waals surface area (Å²) in [5, 5.41) is 6.13. The summed E-state index contributed by atoms with van der Waals surface area (Å²) >= 11 is 0.